The molecule has 1 atom stereocenters. The molecule has 4 nitrogen and oxygen atoms in total. The van der Waals surface area contributed by atoms with Crippen LogP contribution in [0.2, 0.25) is 5.02 Å². The monoisotopic (exact) mass is 427 g/mol. The predicted molar refractivity (Wildman–Crippen MR) is 123 cm³/mol. The first-order valence-electron chi connectivity index (χ1n) is 9.59. The molecule has 3 rings (SSSR count). The van der Waals surface area contributed by atoms with Crippen molar-refractivity contribution in [1.29, 1.82) is 0 Å². The summed E-state index contributed by atoms with van der Waals surface area (Å²) < 4.78 is 0. The van der Waals surface area contributed by atoms with Gasteiger partial charge in [0.1, 0.15) is 6.10 Å². The average Bonchev–Trinajstić information content (AvgIpc) is 3.17. The van der Waals surface area contributed by atoms with Crippen LogP contribution in [0.15, 0.2) is 46.8 Å². The third-order valence-electron chi connectivity index (χ3n) is 4.92. The lowest BCUT2D eigenvalue weighted by atomic mass is 10.0. The van der Waals surface area contributed by atoms with Crippen molar-refractivity contribution in [1.82, 2.24) is 9.88 Å². The Morgan fingerprint density at radius 3 is 2.62 bits per heavy atom. The van der Waals surface area contributed by atoms with Crippen LogP contribution in [0, 0.1) is 13.8 Å². The van der Waals surface area contributed by atoms with Gasteiger partial charge in [0.15, 0.2) is 0 Å². The zero-order valence-corrected chi connectivity index (χ0v) is 18.8. The highest BCUT2D eigenvalue weighted by Gasteiger charge is 2.15. The second kappa shape index (κ2) is 9.53. The van der Waals surface area contributed by atoms with E-state index in [0.29, 0.717) is 10.7 Å². The maximum absolute atomic E-state index is 10.6. The van der Waals surface area contributed by atoms with Crippen molar-refractivity contribution in [3.63, 3.8) is 0 Å². The van der Waals surface area contributed by atoms with Crippen LogP contribution in [0.4, 0.5) is 5.69 Å². The largest absolute Gasteiger partial charge is 0.382 e. The molecule has 0 amide bonds. The molecule has 2 aromatic carbocycles. The van der Waals surface area contributed by atoms with Gasteiger partial charge < -0.3 is 10.0 Å². The summed E-state index contributed by atoms with van der Waals surface area (Å²) in [5, 5.41) is 14.2. The molecule has 0 saturated carbocycles. The zero-order chi connectivity index (χ0) is 21.0. The lowest BCUT2D eigenvalue weighted by molar-refractivity contribution is 0.216. The molecule has 6 heteroatoms. The number of aliphatic hydroxyl groups is 1. The van der Waals surface area contributed by atoms with Gasteiger partial charge in [-0.25, -0.2) is 9.98 Å². The predicted octanol–water partition coefficient (Wildman–Crippen LogP) is 5.70. The normalized spacial score (nSPS) is 12.5. The molecule has 0 spiro atoms. The minimum absolute atomic E-state index is 0.653. The molecule has 3 aromatic rings. The Morgan fingerprint density at radius 2 is 1.93 bits per heavy atom. The van der Waals surface area contributed by atoms with E-state index in [1.54, 1.807) is 23.5 Å². The molecule has 152 valence electrons. The zero-order valence-electron chi connectivity index (χ0n) is 17.2. The molecule has 29 heavy (non-hydrogen) atoms. The van der Waals surface area contributed by atoms with E-state index in [1.807, 2.05) is 35.8 Å². The first-order valence-corrected chi connectivity index (χ1v) is 10.9. The van der Waals surface area contributed by atoms with Crippen molar-refractivity contribution in [2.45, 2.75) is 33.3 Å². The number of aliphatic hydroxyl groups excluding tert-OH is 1. The number of halogens is 1. The Balaban J connectivity index is 1.76. The lowest BCUT2D eigenvalue weighted by Gasteiger charge is -2.11. The summed E-state index contributed by atoms with van der Waals surface area (Å²) in [6.07, 6.45) is 1.86. The summed E-state index contributed by atoms with van der Waals surface area (Å²) in [5.74, 6) is 0. The standard InChI is InChI=1S/C23H26ClN3OS/c1-5-27(4)14-25-20-11-15(2)18(10-16(20)3)12-22-26-21(13-29-22)23(28)17-6-8-19(24)9-7-17/h6-11,13-14,23,28H,5,12H2,1-4H3/b25-14+. The number of aryl methyl sites for hydroxylation is 2. The van der Waals surface area contributed by atoms with Crippen LogP contribution < -0.4 is 0 Å². The second-order valence-corrected chi connectivity index (χ2v) is 8.56. The van der Waals surface area contributed by atoms with E-state index in [2.05, 4.69) is 42.9 Å². The maximum atomic E-state index is 10.6. The maximum Gasteiger partial charge on any atom is 0.122 e. The SMILES string of the molecule is CCN(C)/C=N/c1cc(C)c(Cc2nc(C(O)c3ccc(Cl)cc3)cs2)cc1C. The van der Waals surface area contributed by atoms with Gasteiger partial charge in [-0.05, 0) is 61.2 Å². The van der Waals surface area contributed by atoms with E-state index in [-0.39, 0.29) is 0 Å². The van der Waals surface area contributed by atoms with Gasteiger partial charge in [0, 0.05) is 30.4 Å². The van der Waals surface area contributed by atoms with Crippen LogP contribution in [0.1, 0.15) is 46.0 Å². The van der Waals surface area contributed by atoms with Gasteiger partial charge in [0.25, 0.3) is 0 Å². The summed E-state index contributed by atoms with van der Waals surface area (Å²) in [5.41, 5.74) is 6.01. The van der Waals surface area contributed by atoms with Crippen LogP contribution in [0.3, 0.4) is 0 Å². The molecule has 1 heterocycles. The fourth-order valence-corrected chi connectivity index (χ4v) is 3.90. The summed E-state index contributed by atoms with van der Waals surface area (Å²) in [4.78, 5) is 11.3. The highest BCUT2D eigenvalue weighted by Crippen LogP contribution is 2.28. The van der Waals surface area contributed by atoms with E-state index in [9.17, 15) is 5.11 Å². The van der Waals surface area contributed by atoms with E-state index >= 15 is 0 Å². The van der Waals surface area contributed by atoms with Crippen molar-refractivity contribution in [2.24, 2.45) is 4.99 Å². The van der Waals surface area contributed by atoms with E-state index < -0.39 is 6.10 Å². The summed E-state index contributed by atoms with van der Waals surface area (Å²) in [6, 6.07) is 11.5. The molecular weight excluding hydrogens is 402 g/mol. The number of aromatic nitrogens is 1. The topological polar surface area (TPSA) is 48.7 Å². The number of rotatable bonds is 7. The van der Waals surface area contributed by atoms with Gasteiger partial charge in [0.2, 0.25) is 0 Å². The number of hydrogen-bond acceptors (Lipinski definition) is 4. The van der Waals surface area contributed by atoms with Crippen molar-refractivity contribution in [3.05, 3.63) is 79.8 Å². The molecule has 0 aliphatic carbocycles. The van der Waals surface area contributed by atoms with Gasteiger partial charge in [-0.3, -0.25) is 0 Å². The van der Waals surface area contributed by atoms with Gasteiger partial charge in [-0.1, -0.05) is 29.8 Å². The van der Waals surface area contributed by atoms with Crippen molar-refractivity contribution in [3.8, 4) is 0 Å². The van der Waals surface area contributed by atoms with E-state index in [1.165, 1.54) is 11.1 Å². The lowest BCUT2D eigenvalue weighted by Crippen LogP contribution is -2.14. The Kier molecular flexibility index (Phi) is 7.06. The van der Waals surface area contributed by atoms with Crippen LogP contribution in [0.5, 0.6) is 0 Å². The molecule has 1 N–H and O–H groups in total. The molecule has 1 unspecified atom stereocenters. The Bertz CT molecular complexity index is 998. The van der Waals surface area contributed by atoms with Gasteiger partial charge in [-0.15, -0.1) is 11.3 Å². The van der Waals surface area contributed by atoms with Gasteiger partial charge in [0.05, 0.1) is 22.7 Å². The van der Waals surface area contributed by atoms with Crippen molar-refractivity contribution < 1.29 is 5.11 Å². The number of thiazole rings is 1. The number of benzene rings is 2. The second-order valence-electron chi connectivity index (χ2n) is 7.18. The number of hydrogen-bond donors (Lipinski definition) is 1. The summed E-state index contributed by atoms with van der Waals surface area (Å²) in [7, 11) is 2.01. The first kappa shape index (κ1) is 21.5. The summed E-state index contributed by atoms with van der Waals surface area (Å²) >= 11 is 7.50. The minimum atomic E-state index is -0.743. The Labute approximate surface area is 181 Å². The summed E-state index contributed by atoms with van der Waals surface area (Å²) in [6.45, 7) is 7.21. The van der Waals surface area contributed by atoms with Crippen LogP contribution in [-0.2, 0) is 6.42 Å². The number of aliphatic imine (C=N–C) groups is 1. The molecule has 0 saturated heterocycles. The van der Waals surface area contributed by atoms with Gasteiger partial charge >= 0.3 is 0 Å². The number of nitrogens with zero attached hydrogens (tertiary/aromatic N) is 3. The average molecular weight is 428 g/mol. The van der Waals surface area contributed by atoms with Crippen LogP contribution in [-0.4, -0.2) is 34.9 Å². The third kappa shape index (κ3) is 5.44. The molecule has 0 fully saturated rings. The molecule has 0 bridgehead atoms. The van der Waals surface area contributed by atoms with E-state index in [4.69, 9.17) is 11.6 Å². The first-order chi connectivity index (χ1) is 13.9. The Hall–Kier alpha value is -2.21. The fourth-order valence-electron chi connectivity index (χ4n) is 2.94. The minimum Gasteiger partial charge on any atom is -0.382 e. The smallest absolute Gasteiger partial charge is 0.122 e. The highest BCUT2D eigenvalue weighted by atomic mass is 35.5. The third-order valence-corrected chi connectivity index (χ3v) is 6.04. The quantitative estimate of drug-likeness (QED) is 0.388. The molecular formula is C23H26ClN3OS. The Morgan fingerprint density at radius 1 is 1.21 bits per heavy atom. The molecule has 0 radical (unpaired) electrons. The van der Waals surface area contributed by atoms with Crippen LogP contribution >= 0.6 is 22.9 Å². The molecule has 0 aliphatic heterocycles. The highest BCUT2D eigenvalue weighted by molar-refractivity contribution is 7.09. The molecule has 1 aromatic heterocycles. The fraction of sp³-hybridized carbons (Fsp3) is 0.304. The van der Waals surface area contributed by atoms with Crippen molar-refractivity contribution >= 4 is 35.0 Å². The molecule has 0 aliphatic rings. The van der Waals surface area contributed by atoms with Gasteiger partial charge in [-0.2, -0.15) is 0 Å². The van der Waals surface area contributed by atoms with Crippen LogP contribution in [0.25, 0.3) is 0 Å². The van der Waals surface area contributed by atoms with Crippen molar-refractivity contribution in [2.75, 3.05) is 13.6 Å². The van der Waals surface area contributed by atoms with E-state index in [0.717, 1.165) is 34.8 Å².